The van der Waals surface area contributed by atoms with Crippen LogP contribution in [0.2, 0.25) is 0 Å². The summed E-state index contributed by atoms with van der Waals surface area (Å²) in [7, 11) is 1.91. The molecule has 1 amide bonds. The number of nitrogen functional groups attached to an aromatic ring is 1. The molecule has 3 nitrogen and oxygen atoms in total. The second-order valence-corrected chi connectivity index (χ2v) is 6.29. The average Bonchev–Trinajstić information content (AvgIpc) is 2.42. The molecule has 104 valence electrons. The lowest BCUT2D eigenvalue weighted by molar-refractivity contribution is 0.0695. The van der Waals surface area contributed by atoms with Gasteiger partial charge in [-0.25, -0.2) is 0 Å². The first-order chi connectivity index (χ1) is 9.00. The number of carbonyl (C=O) groups is 1. The number of benzene rings is 1. The van der Waals surface area contributed by atoms with Crippen molar-refractivity contribution in [3.8, 4) is 0 Å². The summed E-state index contributed by atoms with van der Waals surface area (Å²) >= 11 is 3.41. The molecule has 0 aliphatic heterocycles. The van der Waals surface area contributed by atoms with Crippen molar-refractivity contribution >= 4 is 27.5 Å². The van der Waals surface area contributed by atoms with Crippen LogP contribution < -0.4 is 5.73 Å². The van der Waals surface area contributed by atoms with Gasteiger partial charge in [-0.2, -0.15) is 0 Å². The van der Waals surface area contributed by atoms with E-state index in [1.807, 2.05) is 31.0 Å². The average molecular weight is 325 g/mol. The van der Waals surface area contributed by atoms with E-state index in [0.29, 0.717) is 17.3 Å². The highest BCUT2D eigenvalue weighted by molar-refractivity contribution is 9.10. The van der Waals surface area contributed by atoms with Crippen molar-refractivity contribution in [2.45, 2.75) is 45.1 Å². The van der Waals surface area contributed by atoms with Crippen LogP contribution in [-0.2, 0) is 0 Å². The van der Waals surface area contributed by atoms with Crippen LogP contribution >= 0.6 is 15.9 Å². The van der Waals surface area contributed by atoms with Crippen LogP contribution in [0.4, 0.5) is 5.69 Å². The summed E-state index contributed by atoms with van der Waals surface area (Å²) in [5.74, 6) is 0.0809. The smallest absolute Gasteiger partial charge is 0.254 e. The van der Waals surface area contributed by atoms with Crippen LogP contribution in [0.25, 0.3) is 0 Å². The molecule has 4 heteroatoms. The number of hydrogen-bond donors (Lipinski definition) is 1. The Kier molecular flexibility index (Phi) is 4.50. The van der Waals surface area contributed by atoms with Gasteiger partial charge in [0.25, 0.3) is 5.91 Å². The molecule has 0 heterocycles. The normalized spacial score (nSPS) is 16.4. The molecule has 1 aromatic rings. The van der Waals surface area contributed by atoms with Gasteiger partial charge in [0.2, 0.25) is 0 Å². The maximum absolute atomic E-state index is 12.6. The molecule has 0 bridgehead atoms. The number of carbonyl (C=O) groups excluding carboxylic acids is 1. The highest BCUT2D eigenvalue weighted by atomic mass is 79.9. The quantitative estimate of drug-likeness (QED) is 0.842. The minimum atomic E-state index is 0.0809. The Balaban J connectivity index is 2.23. The van der Waals surface area contributed by atoms with Crippen LogP contribution in [0.15, 0.2) is 16.6 Å². The predicted molar refractivity (Wildman–Crippen MR) is 82.3 cm³/mol. The first-order valence-corrected chi connectivity index (χ1v) is 7.62. The van der Waals surface area contributed by atoms with Gasteiger partial charge < -0.3 is 10.6 Å². The Bertz CT molecular complexity index is 481. The monoisotopic (exact) mass is 324 g/mol. The molecule has 1 aliphatic carbocycles. The Labute approximate surface area is 123 Å². The largest absolute Gasteiger partial charge is 0.398 e. The van der Waals surface area contributed by atoms with Gasteiger partial charge >= 0.3 is 0 Å². The van der Waals surface area contributed by atoms with Crippen LogP contribution in [0.3, 0.4) is 0 Å². The number of anilines is 1. The molecule has 0 saturated heterocycles. The third kappa shape index (κ3) is 3.11. The fraction of sp³-hybridized carbons (Fsp3) is 0.533. The third-order valence-electron chi connectivity index (χ3n) is 4.09. The van der Waals surface area contributed by atoms with Gasteiger partial charge in [0.15, 0.2) is 0 Å². The highest BCUT2D eigenvalue weighted by Crippen LogP contribution is 2.27. The second-order valence-electron chi connectivity index (χ2n) is 5.38. The van der Waals surface area contributed by atoms with E-state index in [1.165, 1.54) is 19.3 Å². The highest BCUT2D eigenvalue weighted by Gasteiger charge is 2.24. The molecule has 0 radical (unpaired) electrons. The molecular weight excluding hydrogens is 304 g/mol. The molecule has 19 heavy (non-hydrogen) atoms. The molecule has 0 unspecified atom stereocenters. The van der Waals surface area contributed by atoms with E-state index in [1.54, 1.807) is 0 Å². The van der Waals surface area contributed by atoms with E-state index < -0.39 is 0 Å². The first-order valence-electron chi connectivity index (χ1n) is 6.83. The van der Waals surface area contributed by atoms with Crippen LogP contribution in [0.5, 0.6) is 0 Å². The Morgan fingerprint density at radius 2 is 1.95 bits per heavy atom. The van der Waals surface area contributed by atoms with Gasteiger partial charge in [-0.05, 0) is 37.5 Å². The van der Waals surface area contributed by atoms with Gasteiger partial charge in [0, 0.05) is 28.8 Å². The molecule has 1 fully saturated rings. The summed E-state index contributed by atoms with van der Waals surface area (Å²) in [6, 6.07) is 4.08. The molecule has 1 aromatic carbocycles. The fourth-order valence-corrected chi connectivity index (χ4v) is 3.22. The van der Waals surface area contributed by atoms with E-state index in [-0.39, 0.29) is 5.91 Å². The van der Waals surface area contributed by atoms with Crippen molar-refractivity contribution in [3.05, 3.63) is 27.7 Å². The third-order valence-corrected chi connectivity index (χ3v) is 4.54. The Hall–Kier alpha value is -1.03. The lowest BCUT2D eigenvalue weighted by Crippen LogP contribution is -2.38. The second kappa shape index (κ2) is 5.95. The van der Waals surface area contributed by atoms with Crippen LogP contribution in [0, 0.1) is 6.92 Å². The van der Waals surface area contributed by atoms with E-state index in [9.17, 15) is 4.79 Å². The zero-order chi connectivity index (χ0) is 14.0. The fourth-order valence-electron chi connectivity index (χ4n) is 2.75. The van der Waals surface area contributed by atoms with Gasteiger partial charge in [-0.3, -0.25) is 4.79 Å². The Morgan fingerprint density at radius 1 is 1.32 bits per heavy atom. The summed E-state index contributed by atoms with van der Waals surface area (Å²) in [5.41, 5.74) is 8.18. The van der Waals surface area contributed by atoms with Crippen molar-refractivity contribution < 1.29 is 4.79 Å². The first kappa shape index (κ1) is 14.4. The zero-order valence-electron chi connectivity index (χ0n) is 11.6. The minimum Gasteiger partial charge on any atom is -0.398 e. The molecule has 2 N–H and O–H groups in total. The topological polar surface area (TPSA) is 46.3 Å². The molecule has 2 rings (SSSR count). The van der Waals surface area contributed by atoms with Crippen molar-refractivity contribution in [1.82, 2.24) is 4.90 Å². The van der Waals surface area contributed by atoms with Gasteiger partial charge in [0.05, 0.1) is 0 Å². The lowest BCUT2D eigenvalue weighted by Gasteiger charge is -2.31. The maximum atomic E-state index is 12.6. The summed E-state index contributed by atoms with van der Waals surface area (Å²) in [5, 5.41) is 0. The van der Waals surface area contributed by atoms with Crippen molar-refractivity contribution in [1.29, 1.82) is 0 Å². The summed E-state index contributed by atoms with van der Waals surface area (Å²) in [6.07, 6.45) is 5.97. The summed E-state index contributed by atoms with van der Waals surface area (Å²) in [6.45, 7) is 1.91. The maximum Gasteiger partial charge on any atom is 0.254 e. The molecule has 0 atom stereocenters. The number of amides is 1. The van der Waals surface area contributed by atoms with Crippen molar-refractivity contribution in [2.24, 2.45) is 0 Å². The SMILES string of the molecule is Cc1c(N)cc(Br)cc1C(=O)N(C)C1CCCCC1. The van der Waals surface area contributed by atoms with E-state index >= 15 is 0 Å². The van der Waals surface area contributed by atoms with Gasteiger partial charge in [-0.15, -0.1) is 0 Å². The van der Waals surface area contributed by atoms with Crippen molar-refractivity contribution in [3.63, 3.8) is 0 Å². The number of nitrogens with two attached hydrogens (primary N) is 1. The van der Waals surface area contributed by atoms with E-state index in [4.69, 9.17) is 5.73 Å². The number of halogens is 1. The van der Waals surface area contributed by atoms with Gasteiger partial charge in [0.1, 0.15) is 0 Å². The minimum absolute atomic E-state index is 0.0809. The number of rotatable bonds is 2. The van der Waals surface area contributed by atoms with Crippen LogP contribution in [0.1, 0.15) is 48.0 Å². The van der Waals surface area contributed by atoms with E-state index in [0.717, 1.165) is 22.9 Å². The Morgan fingerprint density at radius 3 is 2.58 bits per heavy atom. The summed E-state index contributed by atoms with van der Waals surface area (Å²) in [4.78, 5) is 14.5. The lowest BCUT2D eigenvalue weighted by atomic mass is 9.93. The number of nitrogens with zero attached hydrogens (tertiary/aromatic N) is 1. The van der Waals surface area contributed by atoms with Crippen LogP contribution in [-0.4, -0.2) is 23.9 Å². The predicted octanol–water partition coefficient (Wildman–Crippen LogP) is 3.74. The molecule has 1 aliphatic rings. The molecule has 1 saturated carbocycles. The zero-order valence-corrected chi connectivity index (χ0v) is 13.2. The van der Waals surface area contributed by atoms with E-state index in [2.05, 4.69) is 15.9 Å². The number of hydrogen-bond acceptors (Lipinski definition) is 2. The molecular formula is C15H21BrN2O. The standard InChI is InChI=1S/C15H21BrN2O/c1-10-13(8-11(16)9-14(10)17)15(19)18(2)12-6-4-3-5-7-12/h8-9,12H,3-7,17H2,1-2H3. The van der Waals surface area contributed by atoms with Gasteiger partial charge in [-0.1, -0.05) is 35.2 Å². The van der Waals surface area contributed by atoms with Crippen molar-refractivity contribution in [2.75, 3.05) is 12.8 Å². The summed E-state index contributed by atoms with van der Waals surface area (Å²) < 4.78 is 0.857. The molecule has 0 aromatic heterocycles. The molecule has 0 spiro atoms.